The van der Waals surface area contributed by atoms with Crippen molar-refractivity contribution >= 4 is 47.2 Å². The first-order chi connectivity index (χ1) is 17.7. The maximum Gasteiger partial charge on any atom is 0.333 e. The monoisotopic (exact) mass is 555 g/mol. The lowest BCUT2D eigenvalue weighted by atomic mass is 9.90. The number of carbonyl (C=O) groups is 3. The zero-order valence-corrected chi connectivity index (χ0v) is 22.1. The number of carbonyl (C=O) groups excluding carboxylic acids is 3. The van der Waals surface area contributed by atoms with Crippen LogP contribution < -0.4 is 0 Å². The number of rotatable bonds is 11. The molecule has 2 fully saturated rings. The number of hydrogen-bond donors (Lipinski definition) is 0. The van der Waals surface area contributed by atoms with Gasteiger partial charge >= 0.3 is 5.97 Å². The highest BCUT2D eigenvalue weighted by atomic mass is 35.5. The average Bonchev–Trinajstić information content (AvgIpc) is 2.88. The van der Waals surface area contributed by atoms with Crippen LogP contribution in [-0.4, -0.2) is 75.7 Å². The lowest BCUT2D eigenvalue weighted by Gasteiger charge is -2.52. The van der Waals surface area contributed by atoms with Gasteiger partial charge in [-0.15, -0.1) is 11.6 Å². The van der Waals surface area contributed by atoms with Gasteiger partial charge in [0.1, 0.15) is 18.1 Å². The number of methoxy groups -OCH3 is 1. The van der Waals surface area contributed by atoms with Crippen LogP contribution in [0.3, 0.4) is 0 Å². The Bertz CT molecular complexity index is 1020. The third kappa shape index (κ3) is 6.42. The molecule has 1 heterocycles. The molecule has 3 rings (SSSR count). The highest BCUT2D eigenvalue weighted by molar-refractivity contribution is 6.27. The number of esters is 1. The fourth-order valence-corrected chi connectivity index (χ4v) is 5.53. The Morgan fingerprint density at radius 2 is 2.03 bits per heavy atom. The van der Waals surface area contributed by atoms with Crippen molar-refractivity contribution in [1.82, 2.24) is 9.80 Å². The van der Waals surface area contributed by atoms with Crippen LogP contribution in [0.5, 0.6) is 0 Å². The van der Waals surface area contributed by atoms with Crippen molar-refractivity contribution in [3.05, 3.63) is 52.1 Å². The van der Waals surface area contributed by atoms with Gasteiger partial charge in [-0.05, 0) is 24.0 Å². The Labute approximate surface area is 225 Å². The predicted octanol–water partition coefficient (Wildman–Crippen LogP) is 3.77. The molecule has 5 unspecified atom stereocenters. The standard InChI is InChI=1S/C25H31Cl2N3O7/c1-16(13-26)21(25(33)37-14-17-8-7-9-18(12-17)30(34)35)29-23(27)22(24(29)32)28(15-31)19-10-5-3-4-6-11-20(19)36-2/h7-9,12,15,19-23H,1,3-6,10-11,13-14H2,2H3. The number of hydrogen-bond acceptors (Lipinski definition) is 7. The number of likely N-dealkylation sites (tertiary alicyclic amines) is 1. The Morgan fingerprint density at radius 3 is 2.62 bits per heavy atom. The first-order valence-corrected chi connectivity index (χ1v) is 13.1. The minimum Gasteiger partial charge on any atom is -0.459 e. The number of amides is 2. The molecule has 12 heteroatoms. The van der Waals surface area contributed by atoms with Crippen LogP contribution >= 0.6 is 23.2 Å². The van der Waals surface area contributed by atoms with Crippen LogP contribution in [0.25, 0.3) is 0 Å². The number of ether oxygens (including phenoxy) is 2. The summed E-state index contributed by atoms with van der Waals surface area (Å²) in [5.41, 5.74) is -0.568. The van der Waals surface area contributed by atoms with E-state index in [0.29, 0.717) is 18.4 Å². The van der Waals surface area contributed by atoms with Crippen LogP contribution in [0, 0.1) is 10.1 Å². The summed E-state index contributed by atoms with van der Waals surface area (Å²) in [6, 6.07) is 3.09. The fraction of sp³-hybridized carbons (Fsp3) is 0.560. The molecule has 1 aliphatic heterocycles. The summed E-state index contributed by atoms with van der Waals surface area (Å²) in [6.07, 6.45) is 5.80. The fourth-order valence-electron chi connectivity index (χ4n) is 4.94. The lowest BCUT2D eigenvalue weighted by Crippen LogP contribution is -2.74. The first kappa shape index (κ1) is 28.9. The molecule has 0 bridgehead atoms. The number of alkyl halides is 2. The summed E-state index contributed by atoms with van der Waals surface area (Å²) in [5.74, 6) is -1.49. The van der Waals surface area contributed by atoms with E-state index in [9.17, 15) is 24.5 Å². The van der Waals surface area contributed by atoms with Crippen LogP contribution in [0.15, 0.2) is 36.4 Å². The van der Waals surface area contributed by atoms with Crippen LogP contribution in [0.1, 0.15) is 44.1 Å². The number of benzene rings is 1. The summed E-state index contributed by atoms with van der Waals surface area (Å²) < 4.78 is 11.0. The third-order valence-corrected chi connectivity index (χ3v) is 7.68. The number of β-lactam (4-membered cyclic amide) rings is 1. The molecule has 1 saturated carbocycles. The van der Waals surface area contributed by atoms with E-state index >= 15 is 0 Å². The van der Waals surface area contributed by atoms with E-state index in [2.05, 4.69) is 6.58 Å². The summed E-state index contributed by atoms with van der Waals surface area (Å²) in [5, 5.41) is 11.0. The summed E-state index contributed by atoms with van der Waals surface area (Å²) in [7, 11) is 1.59. The van der Waals surface area contributed by atoms with Crippen LogP contribution in [0.4, 0.5) is 5.69 Å². The van der Waals surface area contributed by atoms with Crippen molar-refractivity contribution in [3.63, 3.8) is 0 Å². The Kier molecular flexibility index (Phi) is 10.3. The van der Waals surface area contributed by atoms with Gasteiger partial charge < -0.3 is 19.3 Å². The molecule has 10 nitrogen and oxygen atoms in total. The number of non-ortho nitro benzene ring substituents is 1. The minimum atomic E-state index is -1.27. The highest BCUT2D eigenvalue weighted by Crippen LogP contribution is 2.36. The molecule has 1 aliphatic carbocycles. The molecule has 0 N–H and O–H groups in total. The quantitative estimate of drug-likeness (QED) is 0.0595. The van der Waals surface area contributed by atoms with Crippen LogP contribution in [-0.2, 0) is 30.5 Å². The molecule has 1 saturated heterocycles. The molecular weight excluding hydrogens is 525 g/mol. The number of nitrogens with zero attached hydrogens (tertiary/aromatic N) is 3. The highest BCUT2D eigenvalue weighted by Gasteiger charge is 2.56. The van der Waals surface area contributed by atoms with E-state index in [4.69, 9.17) is 32.7 Å². The lowest BCUT2D eigenvalue weighted by molar-refractivity contribution is -0.384. The van der Waals surface area contributed by atoms with Crippen molar-refractivity contribution in [1.29, 1.82) is 0 Å². The summed E-state index contributed by atoms with van der Waals surface area (Å²) in [6.45, 7) is 3.55. The van der Waals surface area contributed by atoms with Crippen molar-refractivity contribution in [2.45, 2.75) is 74.9 Å². The number of nitro benzene ring substituents is 1. The van der Waals surface area contributed by atoms with Gasteiger partial charge in [0.25, 0.3) is 11.6 Å². The molecule has 2 aliphatic rings. The van der Waals surface area contributed by atoms with Crippen molar-refractivity contribution < 1.29 is 28.8 Å². The molecule has 0 spiro atoms. The van der Waals surface area contributed by atoms with E-state index in [0.717, 1.165) is 37.0 Å². The maximum atomic E-state index is 13.4. The van der Waals surface area contributed by atoms with Gasteiger partial charge in [0, 0.05) is 25.1 Å². The van der Waals surface area contributed by atoms with Crippen molar-refractivity contribution in [2.75, 3.05) is 13.0 Å². The summed E-state index contributed by atoms with van der Waals surface area (Å²) in [4.78, 5) is 51.6. The number of nitro groups is 1. The van der Waals surface area contributed by atoms with E-state index in [-0.39, 0.29) is 35.9 Å². The van der Waals surface area contributed by atoms with Crippen molar-refractivity contribution in [2.24, 2.45) is 0 Å². The molecule has 1 aromatic carbocycles. The molecule has 0 radical (unpaired) electrons. The first-order valence-electron chi connectivity index (χ1n) is 12.1. The van der Waals surface area contributed by atoms with Gasteiger partial charge in [-0.25, -0.2) is 4.79 Å². The van der Waals surface area contributed by atoms with E-state index < -0.39 is 34.4 Å². The maximum absolute atomic E-state index is 13.4. The smallest absolute Gasteiger partial charge is 0.333 e. The van der Waals surface area contributed by atoms with Gasteiger partial charge in [0.05, 0.1) is 17.1 Å². The predicted molar refractivity (Wildman–Crippen MR) is 137 cm³/mol. The average molecular weight is 556 g/mol. The van der Waals surface area contributed by atoms with Gasteiger partial charge in [0.2, 0.25) is 6.41 Å². The second-order valence-corrected chi connectivity index (χ2v) is 9.89. The van der Waals surface area contributed by atoms with Gasteiger partial charge in [-0.1, -0.05) is 56.0 Å². The Morgan fingerprint density at radius 1 is 1.32 bits per heavy atom. The van der Waals surface area contributed by atoms with Gasteiger partial charge in [0.15, 0.2) is 6.04 Å². The zero-order chi connectivity index (χ0) is 27.1. The van der Waals surface area contributed by atoms with E-state index in [1.54, 1.807) is 13.2 Å². The molecule has 5 atom stereocenters. The Hall–Kier alpha value is -2.69. The second kappa shape index (κ2) is 13.2. The Balaban J connectivity index is 1.76. The molecule has 1 aromatic rings. The van der Waals surface area contributed by atoms with Gasteiger partial charge in [-0.3, -0.25) is 19.7 Å². The molecule has 202 valence electrons. The number of halogens is 2. The van der Waals surface area contributed by atoms with E-state index in [1.165, 1.54) is 23.1 Å². The van der Waals surface area contributed by atoms with Crippen LogP contribution in [0.2, 0.25) is 0 Å². The van der Waals surface area contributed by atoms with E-state index in [1.807, 2.05) is 0 Å². The SMILES string of the molecule is C=C(CCl)C(C(=O)OCc1cccc([N+](=O)[O-])c1)N1C(=O)C(N(C=O)C2CCCCCCC2OC)C1Cl. The second-order valence-electron chi connectivity index (χ2n) is 9.18. The molecule has 2 amide bonds. The summed E-state index contributed by atoms with van der Waals surface area (Å²) >= 11 is 12.6. The molecular formula is C25H31Cl2N3O7. The van der Waals surface area contributed by atoms with Crippen molar-refractivity contribution in [3.8, 4) is 0 Å². The largest absolute Gasteiger partial charge is 0.459 e. The minimum absolute atomic E-state index is 0.138. The third-order valence-electron chi connectivity index (χ3n) is 6.89. The zero-order valence-electron chi connectivity index (χ0n) is 20.6. The molecule has 37 heavy (non-hydrogen) atoms. The normalized spacial score (nSPS) is 24.7. The molecule has 0 aromatic heterocycles. The topological polar surface area (TPSA) is 119 Å². The van der Waals surface area contributed by atoms with Gasteiger partial charge in [-0.2, -0.15) is 0 Å².